The number of rotatable bonds is 9. The average molecular weight is 336 g/mol. The fourth-order valence-electron chi connectivity index (χ4n) is 3.31. The molecule has 0 fully saturated rings. The van der Waals surface area contributed by atoms with Crippen molar-refractivity contribution in [2.45, 2.75) is 52.6 Å². The summed E-state index contributed by atoms with van der Waals surface area (Å²) in [5.74, 6) is 0.666. The van der Waals surface area contributed by atoms with E-state index in [0.717, 1.165) is 25.8 Å². The van der Waals surface area contributed by atoms with Crippen LogP contribution in [0.5, 0.6) is 0 Å². The molecule has 0 radical (unpaired) electrons. The van der Waals surface area contributed by atoms with Gasteiger partial charge in [-0.15, -0.1) is 0 Å². The highest BCUT2D eigenvalue weighted by Gasteiger charge is 2.19. The van der Waals surface area contributed by atoms with Crippen LogP contribution in [-0.4, -0.2) is 18.0 Å². The Hall–Kier alpha value is -1.86. The van der Waals surface area contributed by atoms with Crippen molar-refractivity contribution in [2.75, 3.05) is 7.05 Å². The molecule has 0 aliphatic carbocycles. The van der Waals surface area contributed by atoms with Gasteiger partial charge in [0.2, 0.25) is 0 Å². The average Bonchev–Trinajstić information content (AvgIpc) is 2.59. The lowest BCUT2D eigenvalue weighted by molar-refractivity contribution is 0.230. The zero-order valence-corrected chi connectivity index (χ0v) is 16.3. The molecule has 2 aromatic carbocycles. The molecule has 2 rings (SSSR count). The molecular formula is C24H33N. The van der Waals surface area contributed by atoms with Crippen molar-refractivity contribution >= 4 is 0 Å². The first-order valence-corrected chi connectivity index (χ1v) is 9.43. The number of benzene rings is 2. The van der Waals surface area contributed by atoms with Gasteiger partial charge in [-0.3, -0.25) is 4.90 Å². The Kier molecular flexibility index (Phi) is 7.46. The van der Waals surface area contributed by atoms with Crippen molar-refractivity contribution in [1.29, 1.82) is 0 Å². The van der Waals surface area contributed by atoms with Crippen molar-refractivity contribution in [1.82, 2.24) is 4.90 Å². The van der Waals surface area contributed by atoms with Crippen molar-refractivity contribution in [3.63, 3.8) is 0 Å². The Morgan fingerprint density at radius 2 is 1.60 bits per heavy atom. The van der Waals surface area contributed by atoms with Crippen molar-refractivity contribution < 1.29 is 0 Å². The molecular weight excluding hydrogens is 302 g/mol. The second-order valence-corrected chi connectivity index (χ2v) is 7.69. The van der Waals surface area contributed by atoms with Gasteiger partial charge >= 0.3 is 0 Å². The smallest absolute Gasteiger partial charge is 0.0307 e. The number of hydrogen-bond donors (Lipinski definition) is 0. The van der Waals surface area contributed by atoms with E-state index in [0.29, 0.717) is 12.0 Å². The van der Waals surface area contributed by atoms with Crippen LogP contribution in [0.2, 0.25) is 0 Å². The highest BCUT2D eigenvalue weighted by atomic mass is 15.1. The molecule has 25 heavy (non-hydrogen) atoms. The standard InChI is InChI=1S/C24H33N/c1-19(2)17-24(25(5)18-23-9-7-6-8-10-23)21(4)13-16-22-14-11-20(3)12-15-22/h6-12,14-15,19,24H,4,13,16-18H2,1-3,5H3. The zero-order valence-electron chi connectivity index (χ0n) is 16.3. The molecule has 1 nitrogen and oxygen atoms in total. The SMILES string of the molecule is C=C(CCc1ccc(C)cc1)C(CC(C)C)N(C)Cc1ccccc1. The van der Waals surface area contributed by atoms with Crippen LogP contribution < -0.4 is 0 Å². The van der Waals surface area contributed by atoms with Gasteiger partial charge in [0, 0.05) is 12.6 Å². The van der Waals surface area contributed by atoms with Gasteiger partial charge in [0.05, 0.1) is 0 Å². The normalized spacial score (nSPS) is 12.6. The second-order valence-electron chi connectivity index (χ2n) is 7.69. The first-order chi connectivity index (χ1) is 12.0. The molecule has 2 aromatic rings. The first kappa shape index (κ1) is 19.5. The van der Waals surface area contributed by atoms with Gasteiger partial charge in [0.1, 0.15) is 0 Å². The fourth-order valence-corrected chi connectivity index (χ4v) is 3.31. The van der Waals surface area contributed by atoms with Crippen LogP contribution in [-0.2, 0) is 13.0 Å². The number of hydrogen-bond acceptors (Lipinski definition) is 1. The van der Waals surface area contributed by atoms with E-state index in [-0.39, 0.29) is 0 Å². The third-order valence-corrected chi connectivity index (χ3v) is 4.83. The molecule has 0 saturated carbocycles. The molecule has 0 aromatic heterocycles. The molecule has 0 heterocycles. The lowest BCUT2D eigenvalue weighted by Crippen LogP contribution is -2.34. The Labute approximate surface area is 154 Å². The first-order valence-electron chi connectivity index (χ1n) is 9.43. The zero-order chi connectivity index (χ0) is 18.2. The molecule has 0 N–H and O–H groups in total. The number of aryl methyl sites for hydroxylation is 2. The van der Waals surface area contributed by atoms with Gasteiger partial charge in [0.15, 0.2) is 0 Å². The minimum Gasteiger partial charge on any atom is -0.295 e. The van der Waals surface area contributed by atoms with Crippen LogP contribution in [0.1, 0.15) is 43.4 Å². The van der Waals surface area contributed by atoms with Crippen LogP contribution in [0, 0.1) is 12.8 Å². The van der Waals surface area contributed by atoms with Crippen LogP contribution in [0.3, 0.4) is 0 Å². The van der Waals surface area contributed by atoms with E-state index in [4.69, 9.17) is 0 Å². The quantitative estimate of drug-likeness (QED) is 0.506. The third-order valence-electron chi connectivity index (χ3n) is 4.83. The van der Waals surface area contributed by atoms with Gasteiger partial charge in [-0.25, -0.2) is 0 Å². The summed E-state index contributed by atoms with van der Waals surface area (Å²) in [7, 11) is 2.23. The van der Waals surface area contributed by atoms with Crippen LogP contribution in [0.15, 0.2) is 66.7 Å². The highest BCUT2D eigenvalue weighted by molar-refractivity contribution is 5.23. The Morgan fingerprint density at radius 1 is 0.960 bits per heavy atom. The summed E-state index contributed by atoms with van der Waals surface area (Å²) in [5, 5.41) is 0. The Bertz CT molecular complexity index is 640. The van der Waals surface area contributed by atoms with E-state index in [1.807, 2.05) is 0 Å². The largest absolute Gasteiger partial charge is 0.295 e. The van der Waals surface area contributed by atoms with E-state index in [2.05, 4.69) is 93.9 Å². The highest BCUT2D eigenvalue weighted by Crippen LogP contribution is 2.23. The van der Waals surface area contributed by atoms with Crippen molar-refractivity contribution in [2.24, 2.45) is 5.92 Å². The maximum Gasteiger partial charge on any atom is 0.0307 e. The van der Waals surface area contributed by atoms with Crippen LogP contribution in [0.4, 0.5) is 0 Å². The summed E-state index contributed by atoms with van der Waals surface area (Å²) >= 11 is 0. The maximum atomic E-state index is 4.46. The molecule has 0 aliphatic heterocycles. The lowest BCUT2D eigenvalue weighted by Gasteiger charge is -2.31. The van der Waals surface area contributed by atoms with Gasteiger partial charge in [0.25, 0.3) is 0 Å². The van der Waals surface area contributed by atoms with Crippen molar-refractivity contribution in [3.05, 3.63) is 83.4 Å². The third kappa shape index (κ3) is 6.51. The number of nitrogens with zero attached hydrogens (tertiary/aromatic N) is 1. The molecule has 0 bridgehead atoms. The van der Waals surface area contributed by atoms with E-state index in [1.165, 1.54) is 22.3 Å². The molecule has 1 heteroatoms. The molecule has 1 atom stereocenters. The van der Waals surface area contributed by atoms with Gasteiger partial charge in [-0.2, -0.15) is 0 Å². The van der Waals surface area contributed by atoms with E-state index in [9.17, 15) is 0 Å². The summed E-state index contributed by atoms with van der Waals surface area (Å²) in [5.41, 5.74) is 5.45. The summed E-state index contributed by atoms with van der Waals surface area (Å²) in [6, 6.07) is 20.1. The molecule has 0 amide bonds. The van der Waals surface area contributed by atoms with Crippen molar-refractivity contribution in [3.8, 4) is 0 Å². The van der Waals surface area contributed by atoms with Crippen LogP contribution >= 0.6 is 0 Å². The van der Waals surface area contributed by atoms with E-state index in [1.54, 1.807) is 0 Å². The maximum absolute atomic E-state index is 4.46. The molecule has 0 saturated heterocycles. The van der Waals surface area contributed by atoms with Gasteiger partial charge < -0.3 is 0 Å². The van der Waals surface area contributed by atoms with E-state index < -0.39 is 0 Å². The van der Waals surface area contributed by atoms with Gasteiger partial charge in [-0.05, 0) is 50.3 Å². The summed E-state index contributed by atoms with van der Waals surface area (Å²) < 4.78 is 0. The summed E-state index contributed by atoms with van der Waals surface area (Å²) in [6.07, 6.45) is 3.29. The minimum absolute atomic E-state index is 0.436. The molecule has 0 spiro atoms. The Balaban J connectivity index is 1.99. The predicted molar refractivity (Wildman–Crippen MR) is 110 cm³/mol. The summed E-state index contributed by atoms with van der Waals surface area (Å²) in [4.78, 5) is 2.47. The summed E-state index contributed by atoms with van der Waals surface area (Å²) in [6.45, 7) is 12.2. The molecule has 1 unspecified atom stereocenters. The topological polar surface area (TPSA) is 3.24 Å². The second kappa shape index (κ2) is 9.58. The molecule has 134 valence electrons. The van der Waals surface area contributed by atoms with E-state index >= 15 is 0 Å². The fraction of sp³-hybridized carbons (Fsp3) is 0.417. The monoisotopic (exact) mass is 335 g/mol. The Morgan fingerprint density at radius 3 is 2.20 bits per heavy atom. The minimum atomic E-state index is 0.436. The van der Waals surface area contributed by atoms with Crippen LogP contribution in [0.25, 0.3) is 0 Å². The predicted octanol–water partition coefficient (Wildman–Crippen LogP) is 6.03. The molecule has 0 aliphatic rings. The number of likely N-dealkylation sites (N-methyl/N-ethyl adjacent to an activating group) is 1. The lowest BCUT2D eigenvalue weighted by atomic mass is 9.92. The van der Waals surface area contributed by atoms with Gasteiger partial charge in [-0.1, -0.05) is 86.2 Å².